The third kappa shape index (κ3) is 9.18. The van der Waals surface area contributed by atoms with Gasteiger partial charge in [0.25, 0.3) is 0 Å². The molecule has 11 nitrogen and oxygen atoms in total. The molecule has 5 unspecified atom stereocenters. The second kappa shape index (κ2) is 13.9. The number of amides is 4. The van der Waals surface area contributed by atoms with Gasteiger partial charge < -0.3 is 25.4 Å². The van der Waals surface area contributed by atoms with E-state index < -0.39 is 65.0 Å². The first-order valence-corrected chi connectivity index (χ1v) is 15.4. The number of hydrogen-bond donors (Lipinski definition) is 3. The summed E-state index contributed by atoms with van der Waals surface area (Å²) in [6, 6.07) is 9.33. The molecule has 3 N–H and O–H groups in total. The van der Waals surface area contributed by atoms with Crippen LogP contribution >= 0.6 is 0 Å². The summed E-state index contributed by atoms with van der Waals surface area (Å²) in [7, 11) is 1.45. The van der Waals surface area contributed by atoms with Crippen molar-refractivity contribution in [1.29, 1.82) is 0 Å². The van der Waals surface area contributed by atoms with Crippen LogP contribution in [0, 0.1) is 11.3 Å². The van der Waals surface area contributed by atoms with Crippen LogP contribution in [0.4, 0.5) is 4.79 Å². The first kappa shape index (κ1) is 35.3. The molecule has 5 atom stereocenters. The summed E-state index contributed by atoms with van der Waals surface area (Å²) >= 11 is 0. The molecule has 1 fully saturated rings. The van der Waals surface area contributed by atoms with E-state index in [1.165, 1.54) is 16.8 Å². The van der Waals surface area contributed by atoms with Crippen molar-refractivity contribution in [2.75, 3.05) is 13.6 Å². The Labute approximate surface area is 265 Å². The van der Waals surface area contributed by atoms with Gasteiger partial charge in [0.05, 0.1) is 0 Å². The number of nitrogens with zero attached hydrogens (tertiary/aromatic N) is 2. The number of carbonyl (C=O) groups is 5. The van der Waals surface area contributed by atoms with E-state index in [0.29, 0.717) is 6.42 Å². The number of benzene rings is 2. The maximum Gasteiger partial charge on any atom is 0.410 e. The molecule has 246 valence electrons. The SMILES string of the molecule is CC1CC(C(=O)NC(Cc2ccc3ccccc3c2)C(=O)O)N(C(=O)C(NC(=O)C(C)N(C)C(=O)OC(C)(C)C)C(C)(C)C)C1. The fourth-order valence-electron chi connectivity index (χ4n) is 5.35. The van der Waals surface area contributed by atoms with Gasteiger partial charge in [0, 0.05) is 20.0 Å². The summed E-state index contributed by atoms with van der Waals surface area (Å²) in [4.78, 5) is 68.3. The lowest BCUT2D eigenvalue weighted by molar-refractivity contribution is -0.146. The molecule has 1 saturated heterocycles. The number of fused-ring (bicyclic) bond motifs is 1. The fourth-order valence-corrected chi connectivity index (χ4v) is 5.35. The smallest absolute Gasteiger partial charge is 0.410 e. The van der Waals surface area contributed by atoms with Gasteiger partial charge in [-0.05, 0) is 61.8 Å². The van der Waals surface area contributed by atoms with Gasteiger partial charge in [0.1, 0.15) is 29.8 Å². The molecule has 0 aliphatic carbocycles. The van der Waals surface area contributed by atoms with Gasteiger partial charge in [0.15, 0.2) is 0 Å². The van der Waals surface area contributed by atoms with Gasteiger partial charge in [-0.15, -0.1) is 0 Å². The molecule has 11 heteroatoms. The molecule has 0 radical (unpaired) electrons. The molecule has 3 rings (SSSR count). The largest absolute Gasteiger partial charge is 0.480 e. The fraction of sp³-hybridized carbons (Fsp3) is 0.559. The van der Waals surface area contributed by atoms with E-state index in [4.69, 9.17) is 4.74 Å². The number of nitrogens with one attached hydrogen (secondary N) is 2. The standard InChI is InChI=1S/C34H48N4O7/c1-20-16-26(29(40)35-25(31(42)43)18-22-14-15-23-12-10-11-13-24(23)17-22)38(19-20)30(41)27(33(3,4)5)36-28(39)21(2)37(9)32(44)45-34(6,7)8/h10-15,17,20-21,25-27H,16,18-19H2,1-9H3,(H,35,40)(H,36,39)(H,42,43). The summed E-state index contributed by atoms with van der Waals surface area (Å²) in [5, 5.41) is 17.4. The summed E-state index contributed by atoms with van der Waals surface area (Å²) in [5.74, 6) is -2.76. The third-order valence-electron chi connectivity index (χ3n) is 8.01. The Morgan fingerprint density at radius 3 is 2.20 bits per heavy atom. The van der Waals surface area contributed by atoms with E-state index in [1.54, 1.807) is 48.5 Å². The van der Waals surface area contributed by atoms with Gasteiger partial charge in [-0.2, -0.15) is 0 Å². The van der Waals surface area contributed by atoms with Gasteiger partial charge in [-0.3, -0.25) is 19.3 Å². The lowest BCUT2D eigenvalue weighted by Gasteiger charge is -2.37. The lowest BCUT2D eigenvalue weighted by atomic mass is 9.85. The minimum Gasteiger partial charge on any atom is -0.480 e. The van der Waals surface area contributed by atoms with E-state index in [0.717, 1.165) is 16.3 Å². The zero-order chi connectivity index (χ0) is 33.9. The highest BCUT2D eigenvalue weighted by Gasteiger charge is 2.45. The van der Waals surface area contributed by atoms with Crippen molar-refractivity contribution in [2.24, 2.45) is 11.3 Å². The predicted molar refractivity (Wildman–Crippen MR) is 171 cm³/mol. The molecule has 2 aromatic rings. The number of carboxylic acids is 1. The van der Waals surface area contributed by atoms with E-state index in [-0.39, 0.29) is 18.9 Å². The molecular formula is C34H48N4O7. The molecule has 0 bridgehead atoms. The molecule has 2 aromatic carbocycles. The Morgan fingerprint density at radius 1 is 1.00 bits per heavy atom. The summed E-state index contributed by atoms with van der Waals surface area (Å²) in [6.45, 7) is 14.3. The van der Waals surface area contributed by atoms with Gasteiger partial charge >= 0.3 is 12.1 Å². The van der Waals surface area contributed by atoms with Gasteiger partial charge in [-0.1, -0.05) is 70.2 Å². The number of aliphatic carboxylic acids is 1. The van der Waals surface area contributed by atoms with Crippen molar-refractivity contribution in [1.82, 2.24) is 20.4 Å². The molecule has 1 aliphatic heterocycles. The Kier molecular flexibility index (Phi) is 10.9. The number of ether oxygens (including phenoxy) is 1. The summed E-state index contributed by atoms with van der Waals surface area (Å²) in [5.41, 5.74) is -0.735. The highest BCUT2D eigenvalue weighted by atomic mass is 16.6. The summed E-state index contributed by atoms with van der Waals surface area (Å²) in [6.07, 6.45) is -0.250. The van der Waals surface area contributed by atoms with Crippen LogP contribution < -0.4 is 10.6 Å². The van der Waals surface area contributed by atoms with Crippen LogP contribution in [0.15, 0.2) is 42.5 Å². The molecule has 0 aromatic heterocycles. The zero-order valence-corrected chi connectivity index (χ0v) is 27.8. The van der Waals surface area contributed by atoms with Gasteiger partial charge in [0.2, 0.25) is 17.7 Å². The second-order valence-corrected chi connectivity index (χ2v) is 14.2. The lowest BCUT2D eigenvalue weighted by Crippen LogP contribution is -2.60. The minimum atomic E-state index is -1.20. The van der Waals surface area contributed by atoms with Crippen molar-refractivity contribution in [3.63, 3.8) is 0 Å². The highest BCUT2D eigenvalue weighted by Crippen LogP contribution is 2.29. The van der Waals surface area contributed by atoms with Crippen LogP contribution in [-0.4, -0.2) is 88.1 Å². The normalized spacial score (nSPS) is 18.9. The van der Waals surface area contributed by atoms with E-state index in [9.17, 15) is 29.1 Å². The van der Waals surface area contributed by atoms with Crippen LogP contribution in [0.25, 0.3) is 10.8 Å². The number of carboxylic acid groups (broad SMARTS) is 1. The Bertz CT molecular complexity index is 1430. The Hall–Kier alpha value is -4.15. The van der Waals surface area contributed by atoms with E-state index >= 15 is 0 Å². The Balaban J connectivity index is 1.77. The monoisotopic (exact) mass is 624 g/mol. The van der Waals surface area contributed by atoms with Crippen LogP contribution in [-0.2, 0) is 30.3 Å². The molecular weight excluding hydrogens is 576 g/mol. The van der Waals surface area contributed by atoms with Crippen molar-refractivity contribution >= 4 is 40.6 Å². The zero-order valence-electron chi connectivity index (χ0n) is 27.8. The first-order chi connectivity index (χ1) is 20.8. The maximum absolute atomic E-state index is 14.0. The average molecular weight is 625 g/mol. The summed E-state index contributed by atoms with van der Waals surface area (Å²) < 4.78 is 5.37. The number of likely N-dealkylation sites (N-methyl/N-ethyl adjacent to an activating group) is 1. The topological polar surface area (TPSA) is 145 Å². The average Bonchev–Trinajstić information content (AvgIpc) is 3.34. The molecule has 1 aliphatic rings. The molecule has 4 amide bonds. The molecule has 0 saturated carbocycles. The highest BCUT2D eigenvalue weighted by molar-refractivity contribution is 5.95. The minimum absolute atomic E-state index is 0.0259. The second-order valence-electron chi connectivity index (χ2n) is 14.2. The van der Waals surface area contributed by atoms with Crippen LogP contribution in [0.5, 0.6) is 0 Å². The van der Waals surface area contributed by atoms with E-state index in [2.05, 4.69) is 10.6 Å². The number of hydrogen-bond acceptors (Lipinski definition) is 6. The Morgan fingerprint density at radius 2 is 1.62 bits per heavy atom. The van der Waals surface area contributed by atoms with Crippen LogP contribution in [0.3, 0.4) is 0 Å². The van der Waals surface area contributed by atoms with Gasteiger partial charge in [-0.25, -0.2) is 9.59 Å². The van der Waals surface area contributed by atoms with Crippen molar-refractivity contribution < 1.29 is 33.8 Å². The van der Waals surface area contributed by atoms with Crippen molar-refractivity contribution in [3.8, 4) is 0 Å². The third-order valence-corrected chi connectivity index (χ3v) is 8.01. The predicted octanol–water partition coefficient (Wildman–Crippen LogP) is 3.98. The molecule has 0 spiro atoms. The first-order valence-electron chi connectivity index (χ1n) is 15.4. The molecule has 1 heterocycles. The quantitative estimate of drug-likeness (QED) is 0.383. The van der Waals surface area contributed by atoms with Crippen molar-refractivity contribution in [3.05, 3.63) is 48.0 Å². The van der Waals surface area contributed by atoms with Crippen LogP contribution in [0.1, 0.15) is 67.4 Å². The van der Waals surface area contributed by atoms with Crippen LogP contribution in [0.2, 0.25) is 0 Å². The van der Waals surface area contributed by atoms with Crippen molar-refractivity contribution in [2.45, 2.75) is 98.0 Å². The number of carbonyl (C=O) groups excluding carboxylic acids is 4. The number of likely N-dealkylation sites (tertiary alicyclic amines) is 1. The molecule has 45 heavy (non-hydrogen) atoms. The maximum atomic E-state index is 14.0. The van der Waals surface area contributed by atoms with E-state index in [1.807, 2.05) is 49.4 Å². The number of rotatable bonds is 9.